The quantitative estimate of drug-likeness (QED) is 0.808. The maximum atomic E-state index is 11.5. The Bertz CT molecular complexity index is 614. The predicted molar refractivity (Wildman–Crippen MR) is 74.5 cm³/mol. The highest BCUT2D eigenvalue weighted by Crippen LogP contribution is 2.33. The van der Waals surface area contributed by atoms with Crippen LogP contribution >= 0.6 is 0 Å². The van der Waals surface area contributed by atoms with Crippen molar-refractivity contribution in [3.63, 3.8) is 0 Å². The molecule has 3 rings (SSSR count). The molecule has 0 radical (unpaired) electrons. The number of hydrogen-bond donors (Lipinski definition) is 0. The lowest BCUT2D eigenvalue weighted by molar-refractivity contribution is -0.118. The summed E-state index contributed by atoms with van der Waals surface area (Å²) >= 11 is 0. The van der Waals surface area contributed by atoms with Crippen LogP contribution in [0, 0.1) is 0 Å². The van der Waals surface area contributed by atoms with E-state index in [1.807, 2.05) is 36.4 Å². The molecule has 0 spiro atoms. The van der Waals surface area contributed by atoms with Crippen LogP contribution in [-0.4, -0.2) is 5.78 Å². The lowest BCUT2D eigenvalue weighted by Crippen LogP contribution is -2.12. The van der Waals surface area contributed by atoms with Gasteiger partial charge in [-0.1, -0.05) is 54.6 Å². The van der Waals surface area contributed by atoms with Crippen LogP contribution in [0.3, 0.4) is 0 Å². The third-order valence-corrected chi connectivity index (χ3v) is 3.28. The molecule has 1 heterocycles. The number of allylic oxidation sites excluding steroid dienone is 1. The zero-order valence-corrected chi connectivity index (χ0v) is 10.5. The molecule has 2 aromatic carbocycles. The van der Waals surface area contributed by atoms with Gasteiger partial charge in [0.25, 0.3) is 0 Å². The zero-order chi connectivity index (χ0) is 13.1. The van der Waals surface area contributed by atoms with Crippen molar-refractivity contribution in [3.05, 3.63) is 72.5 Å². The van der Waals surface area contributed by atoms with Crippen LogP contribution in [0.4, 0.5) is 0 Å². The summed E-state index contributed by atoms with van der Waals surface area (Å²) in [6, 6.07) is 18.2. The summed E-state index contributed by atoms with van der Waals surface area (Å²) in [5.41, 5.74) is 3.33. The van der Waals surface area contributed by atoms with Crippen LogP contribution in [0.5, 0.6) is 0 Å². The fourth-order valence-corrected chi connectivity index (χ4v) is 2.35. The van der Waals surface area contributed by atoms with E-state index in [2.05, 4.69) is 18.2 Å². The minimum atomic E-state index is -0.186. The topological polar surface area (TPSA) is 26.3 Å². The van der Waals surface area contributed by atoms with Crippen LogP contribution in [0.1, 0.15) is 18.1 Å². The van der Waals surface area contributed by atoms with Gasteiger partial charge in [-0.05, 0) is 11.1 Å². The summed E-state index contributed by atoms with van der Waals surface area (Å²) in [5.74, 6) is 0.110. The van der Waals surface area contributed by atoms with E-state index in [4.69, 9.17) is 4.74 Å². The Hall–Kier alpha value is -2.35. The van der Waals surface area contributed by atoms with Gasteiger partial charge in [-0.3, -0.25) is 4.79 Å². The van der Waals surface area contributed by atoms with Gasteiger partial charge in [-0.15, -0.1) is 0 Å². The second-order valence-electron chi connectivity index (χ2n) is 4.55. The van der Waals surface area contributed by atoms with Crippen LogP contribution < -0.4 is 0 Å². The summed E-state index contributed by atoms with van der Waals surface area (Å²) in [5, 5.41) is 0. The molecule has 1 aliphatic heterocycles. The Labute approximate surface area is 112 Å². The van der Waals surface area contributed by atoms with Crippen molar-refractivity contribution >= 4 is 5.78 Å². The summed E-state index contributed by atoms with van der Waals surface area (Å²) in [4.78, 5) is 11.5. The van der Waals surface area contributed by atoms with Crippen molar-refractivity contribution in [2.75, 3.05) is 0 Å². The minimum absolute atomic E-state index is 0.110. The molecule has 0 N–H and O–H groups in total. The van der Waals surface area contributed by atoms with Crippen molar-refractivity contribution in [1.82, 2.24) is 0 Å². The van der Waals surface area contributed by atoms with Gasteiger partial charge in [0, 0.05) is 11.6 Å². The molecule has 0 aliphatic carbocycles. The highest BCUT2D eigenvalue weighted by atomic mass is 16.5. The molecule has 19 heavy (non-hydrogen) atoms. The molecule has 0 aromatic heterocycles. The third kappa shape index (κ3) is 2.43. The summed E-state index contributed by atoms with van der Waals surface area (Å²) < 4.78 is 5.60. The number of ketones is 1. The number of carbonyl (C=O) groups is 1. The molecule has 0 saturated carbocycles. The molecule has 2 nitrogen and oxygen atoms in total. The van der Waals surface area contributed by atoms with Gasteiger partial charge in [-0.25, -0.2) is 0 Å². The first-order valence-electron chi connectivity index (χ1n) is 6.34. The van der Waals surface area contributed by atoms with Gasteiger partial charge in [-0.2, -0.15) is 0 Å². The summed E-state index contributed by atoms with van der Waals surface area (Å²) in [6.45, 7) is 0. The molecule has 2 heteroatoms. The smallest absolute Gasteiger partial charge is 0.162 e. The first-order chi connectivity index (χ1) is 9.34. The average Bonchev–Trinajstić information content (AvgIpc) is 2.48. The Morgan fingerprint density at radius 3 is 2.47 bits per heavy atom. The first-order valence-corrected chi connectivity index (χ1v) is 6.34. The highest BCUT2D eigenvalue weighted by Gasteiger charge is 2.21. The zero-order valence-electron chi connectivity index (χ0n) is 10.5. The summed E-state index contributed by atoms with van der Waals surface area (Å²) in [7, 11) is 0. The molecule has 94 valence electrons. The molecule has 1 aliphatic rings. The first kappa shape index (κ1) is 11.7. The normalized spacial score (nSPS) is 18.1. The molecule has 0 fully saturated rings. The lowest BCUT2D eigenvalue weighted by atomic mass is 9.93. The number of carbonyl (C=O) groups excluding carboxylic acids is 1. The van der Waals surface area contributed by atoms with Gasteiger partial charge in [0.2, 0.25) is 0 Å². The van der Waals surface area contributed by atoms with Crippen molar-refractivity contribution in [2.24, 2.45) is 0 Å². The minimum Gasteiger partial charge on any atom is -0.493 e. The van der Waals surface area contributed by atoms with Crippen molar-refractivity contribution < 1.29 is 9.53 Å². The summed E-state index contributed by atoms with van der Waals surface area (Å²) in [6.07, 6.45) is 3.20. The number of hydrogen-bond acceptors (Lipinski definition) is 2. The van der Waals surface area contributed by atoms with E-state index >= 15 is 0 Å². The van der Waals surface area contributed by atoms with E-state index in [-0.39, 0.29) is 11.9 Å². The molecule has 0 amide bonds. The van der Waals surface area contributed by atoms with E-state index < -0.39 is 0 Å². The van der Waals surface area contributed by atoms with Gasteiger partial charge < -0.3 is 4.74 Å². The Balaban J connectivity index is 2.03. The van der Waals surface area contributed by atoms with Crippen LogP contribution in [-0.2, 0) is 9.53 Å². The van der Waals surface area contributed by atoms with Gasteiger partial charge in [0.1, 0.15) is 6.10 Å². The van der Waals surface area contributed by atoms with Crippen molar-refractivity contribution in [3.8, 4) is 11.1 Å². The Kier molecular flexibility index (Phi) is 3.15. The molecule has 0 bridgehead atoms. The third-order valence-electron chi connectivity index (χ3n) is 3.28. The second kappa shape index (κ2) is 5.11. The van der Waals surface area contributed by atoms with E-state index in [1.54, 1.807) is 0 Å². The molecular weight excluding hydrogens is 236 g/mol. The largest absolute Gasteiger partial charge is 0.493 e. The van der Waals surface area contributed by atoms with Crippen molar-refractivity contribution in [1.29, 1.82) is 0 Å². The average molecular weight is 250 g/mol. The standard InChI is InChI=1S/C17H14O2/c18-14-10-11-19-17(12-14)16-9-5-4-8-15(16)13-6-2-1-3-7-13/h1-11,17H,12H2. The molecular formula is C17H14O2. The van der Waals surface area contributed by atoms with Crippen LogP contribution in [0.25, 0.3) is 11.1 Å². The highest BCUT2D eigenvalue weighted by molar-refractivity contribution is 5.90. The lowest BCUT2D eigenvalue weighted by Gasteiger charge is -2.21. The second-order valence-corrected chi connectivity index (χ2v) is 4.55. The number of benzene rings is 2. The van der Waals surface area contributed by atoms with Crippen LogP contribution in [0.2, 0.25) is 0 Å². The van der Waals surface area contributed by atoms with Crippen molar-refractivity contribution in [2.45, 2.75) is 12.5 Å². The number of ether oxygens (including phenoxy) is 1. The predicted octanol–water partition coefficient (Wildman–Crippen LogP) is 3.90. The SMILES string of the molecule is O=C1C=COC(c2ccccc2-c2ccccc2)C1. The fraction of sp³-hybridized carbons (Fsp3) is 0.118. The molecule has 1 atom stereocenters. The van der Waals surface area contributed by atoms with E-state index in [9.17, 15) is 4.79 Å². The van der Waals surface area contributed by atoms with Gasteiger partial charge in [0.15, 0.2) is 5.78 Å². The van der Waals surface area contributed by atoms with Gasteiger partial charge >= 0.3 is 0 Å². The van der Waals surface area contributed by atoms with Crippen LogP contribution in [0.15, 0.2) is 66.9 Å². The molecule has 1 unspecified atom stereocenters. The maximum absolute atomic E-state index is 11.5. The fourth-order valence-electron chi connectivity index (χ4n) is 2.35. The van der Waals surface area contributed by atoms with E-state index in [0.29, 0.717) is 6.42 Å². The van der Waals surface area contributed by atoms with E-state index in [1.165, 1.54) is 12.3 Å². The molecule has 0 saturated heterocycles. The van der Waals surface area contributed by atoms with Gasteiger partial charge in [0.05, 0.1) is 12.7 Å². The maximum Gasteiger partial charge on any atom is 0.162 e. The number of rotatable bonds is 2. The van der Waals surface area contributed by atoms with E-state index in [0.717, 1.165) is 16.7 Å². The Morgan fingerprint density at radius 2 is 1.68 bits per heavy atom. The molecule has 2 aromatic rings. The monoisotopic (exact) mass is 250 g/mol. The Morgan fingerprint density at radius 1 is 0.947 bits per heavy atom.